The first kappa shape index (κ1) is 28.7. The summed E-state index contributed by atoms with van der Waals surface area (Å²) in [5.74, 6) is 0.0234. The third kappa shape index (κ3) is 9.21. The molecular weight excluding hydrogens is 460 g/mol. The molecule has 204 valence electrons. The number of rotatable bonds is 16. The van der Waals surface area contributed by atoms with Crippen LogP contribution in [0.2, 0.25) is 0 Å². The summed E-state index contributed by atoms with van der Waals surface area (Å²) in [6, 6.07) is 6.86. The molecule has 4 atom stereocenters. The fraction of sp³-hybridized carbons (Fsp3) is 0.750. The highest BCUT2D eigenvalue weighted by Crippen LogP contribution is 2.38. The van der Waals surface area contributed by atoms with Gasteiger partial charge in [-0.15, -0.1) is 0 Å². The Morgan fingerprint density at radius 3 is 2.22 bits per heavy atom. The number of nitrogens with one attached hydrogen (secondary N) is 2. The van der Waals surface area contributed by atoms with E-state index in [9.17, 15) is 4.79 Å². The molecule has 2 N–H and O–H groups in total. The second-order valence-corrected chi connectivity index (χ2v) is 10.2. The predicted octanol–water partition coefficient (Wildman–Crippen LogP) is 6.00. The van der Waals surface area contributed by atoms with Crippen LogP contribution in [0.15, 0.2) is 24.3 Å². The van der Waals surface area contributed by atoms with E-state index in [0.29, 0.717) is 18.8 Å². The average Bonchev–Trinajstić information content (AvgIpc) is 3.32. The van der Waals surface area contributed by atoms with Crippen molar-refractivity contribution in [3.05, 3.63) is 24.3 Å². The van der Waals surface area contributed by atoms with Crippen LogP contribution < -0.4 is 15.4 Å². The van der Waals surface area contributed by atoms with E-state index in [2.05, 4.69) is 17.6 Å². The van der Waals surface area contributed by atoms with Crippen LogP contribution in [-0.2, 0) is 18.9 Å². The van der Waals surface area contributed by atoms with Gasteiger partial charge in [-0.25, -0.2) is 4.79 Å². The van der Waals surface area contributed by atoms with Gasteiger partial charge in [-0.1, -0.05) is 64.7 Å². The van der Waals surface area contributed by atoms with Crippen LogP contribution in [0.3, 0.4) is 0 Å². The molecule has 0 aromatic heterocycles. The highest BCUT2D eigenvalue weighted by molar-refractivity contribution is 5.89. The molecule has 2 fully saturated rings. The number of fused-ring (bicyclic) bond motifs is 1. The normalized spacial score (nSPS) is 24.4. The lowest BCUT2D eigenvalue weighted by Crippen LogP contribution is -2.44. The van der Waals surface area contributed by atoms with Crippen LogP contribution in [-0.4, -0.2) is 56.7 Å². The molecule has 1 aromatic carbocycles. The minimum absolute atomic E-state index is 0.295. The van der Waals surface area contributed by atoms with Crippen molar-refractivity contribution in [2.75, 3.05) is 25.6 Å². The van der Waals surface area contributed by atoms with E-state index in [1.807, 2.05) is 13.8 Å². The topological polar surface area (TPSA) is 87.3 Å². The van der Waals surface area contributed by atoms with Crippen LogP contribution >= 0.6 is 0 Å². The Balaban J connectivity index is 1.38. The maximum Gasteiger partial charge on any atom is 0.319 e. The van der Waals surface area contributed by atoms with Crippen LogP contribution in [0.1, 0.15) is 85.0 Å². The first-order valence-corrected chi connectivity index (χ1v) is 13.7. The van der Waals surface area contributed by atoms with Crippen LogP contribution in [0, 0.1) is 0 Å². The van der Waals surface area contributed by atoms with E-state index in [-0.39, 0.29) is 24.3 Å². The molecule has 36 heavy (non-hydrogen) atoms. The minimum atomic E-state index is -0.710. The van der Waals surface area contributed by atoms with Crippen molar-refractivity contribution in [2.24, 2.45) is 0 Å². The van der Waals surface area contributed by atoms with Crippen LogP contribution in [0.4, 0.5) is 10.5 Å². The first-order chi connectivity index (χ1) is 17.4. The summed E-state index contributed by atoms with van der Waals surface area (Å²) in [5, 5.41) is 5.71. The van der Waals surface area contributed by atoms with Gasteiger partial charge in [0.25, 0.3) is 0 Å². The molecule has 0 unspecified atom stereocenters. The van der Waals surface area contributed by atoms with Crippen LogP contribution in [0.5, 0.6) is 5.75 Å². The van der Waals surface area contributed by atoms with Gasteiger partial charge in [0.15, 0.2) is 12.1 Å². The van der Waals surface area contributed by atoms with E-state index in [1.165, 1.54) is 51.4 Å². The van der Waals surface area contributed by atoms with Crippen molar-refractivity contribution in [3.63, 3.8) is 0 Å². The number of ether oxygens (including phenoxy) is 5. The second-order valence-electron chi connectivity index (χ2n) is 10.2. The zero-order valence-corrected chi connectivity index (χ0v) is 22.6. The zero-order valence-electron chi connectivity index (χ0n) is 22.6. The van der Waals surface area contributed by atoms with Gasteiger partial charge in [0.2, 0.25) is 0 Å². The van der Waals surface area contributed by atoms with Crippen molar-refractivity contribution in [1.82, 2.24) is 5.32 Å². The maximum absolute atomic E-state index is 12.4. The lowest BCUT2D eigenvalue weighted by molar-refractivity contribution is -0.217. The van der Waals surface area contributed by atoms with E-state index in [1.54, 1.807) is 31.4 Å². The SMILES string of the molecule is CCCCCCCCCCCCO[C@@H]1[C@H]2OC(C)(C)O[C@H]2O[C@H]1CNC(=O)Nc1ccc(OC)cc1. The minimum Gasteiger partial charge on any atom is -0.497 e. The van der Waals surface area contributed by atoms with Gasteiger partial charge >= 0.3 is 6.03 Å². The Labute approximate surface area is 216 Å². The number of anilines is 1. The summed E-state index contributed by atoms with van der Waals surface area (Å²) in [5.41, 5.74) is 0.680. The number of methoxy groups -OCH3 is 1. The predicted molar refractivity (Wildman–Crippen MR) is 140 cm³/mol. The lowest BCUT2D eigenvalue weighted by atomic mass is 10.1. The number of carbonyl (C=O) groups excluding carboxylic acids is 1. The summed E-state index contributed by atoms with van der Waals surface area (Å²) in [4.78, 5) is 12.4. The standard InChI is InChI=1S/C28H46N2O6/c1-5-6-7-8-9-10-11-12-13-14-19-33-24-23(34-26-25(24)35-28(2,3)36-26)20-29-27(31)30-21-15-17-22(32-4)18-16-21/h15-18,23-26H,5-14,19-20H2,1-4H3,(H2,29,30,31)/t23-,24-,25+,26+/m0/s1. The zero-order chi connectivity index (χ0) is 25.8. The number of hydrogen-bond donors (Lipinski definition) is 2. The quantitative estimate of drug-likeness (QED) is 0.268. The average molecular weight is 507 g/mol. The van der Waals surface area contributed by atoms with Crippen molar-refractivity contribution in [3.8, 4) is 5.75 Å². The molecule has 2 aliphatic heterocycles. The molecule has 1 aromatic rings. The highest BCUT2D eigenvalue weighted by atomic mass is 16.8. The Bertz CT molecular complexity index is 772. The Hall–Kier alpha value is -1.87. The Morgan fingerprint density at radius 1 is 0.944 bits per heavy atom. The number of carbonyl (C=O) groups is 1. The van der Waals surface area contributed by atoms with E-state index < -0.39 is 12.1 Å². The molecule has 2 amide bonds. The smallest absolute Gasteiger partial charge is 0.319 e. The van der Waals surface area contributed by atoms with Crippen molar-refractivity contribution < 1.29 is 28.5 Å². The molecule has 0 bridgehead atoms. The van der Waals surface area contributed by atoms with Gasteiger partial charge in [-0.3, -0.25) is 0 Å². The summed E-state index contributed by atoms with van der Waals surface area (Å²) < 4.78 is 29.5. The van der Waals surface area contributed by atoms with E-state index in [0.717, 1.165) is 18.6 Å². The fourth-order valence-corrected chi connectivity index (χ4v) is 4.76. The molecule has 0 spiro atoms. The second kappa shape index (κ2) is 14.8. The fourth-order valence-electron chi connectivity index (χ4n) is 4.76. The van der Waals surface area contributed by atoms with Crippen molar-refractivity contribution >= 4 is 11.7 Å². The van der Waals surface area contributed by atoms with Gasteiger partial charge in [0, 0.05) is 18.8 Å². The van der Waals surface area contributed by atoms with Crippen molar-refractivity contribution in [2.45, 2.75) is 115 Å². The van der Waals surface area contributed by atoms with Gasteiger partial charge in [0.1, 0.15) is 24.1 Å². The molecule has 0 radical (unpaired) electrons. The van der Waals surface area contributed by atoms with Gasteiger partial charge < -0.3 is 34.3 Å². The Kier molecular flexibility index (Phi) is 11.8. The monoisotopic (exact) mass is 506 g/mol. The summed E-state index contributed by atoms with van der Waals surface area (Å²) in [7, 11) is 1.61. The number of benzene rings is 1. The molecular formula is C28H46N2O6. The number of urea groups is 1. The molecule has 8 heteroatoms. The number of hydrogen-bond acceptors (Lipinski definition) is 6. The molecule has 0 saturated carbocycles. The first-order valence-electron chi connectivity index (χ1n) is 13.7. The molecule has 2 heterocycles. The third-order valence-electron chi connectivity index (χ3n) is 6.71. The van der Waals surface area contributed by atoms with Crippen molar-refractivity contribution in [1.29, 1.82) is 0 Å². The molecule has 8 nitrogen and oxygen atoms in total. The van der Waals surface area contributed by atoms with Gasteiger partial charge in [0.05, 0.1) is 7.11 Å². The lowest BCUT2D eigenvalue weighted by Gasteiger charge is -2.26. The summed E-state index contributed by atoms with van der Waals surface area (Å²) in [6.07, 6.45) is 11.4. The van der Waals surface area contributed by atoms with Gasteiger partial charge in [-0.05, 0) is 44.5 Å². The number of unbranched alkanes of at least 4 members (excludes halogenated alkanes) is 9. The molecule has 0 aliphatic carbocycles. The largest absolute Gasteiger partial charge is 0.497 e. The molecule has 3 rings (SSSR count). The summed E-state index contributed by atoms with van der Waals surface area (Å²) in [6.45, 7) is 6.95. The maximum atomic E-state index is 12.4. The highest BCUT2D eigenvalue weighted by Gasteiger charge is 2.55. The van der Waals surface area contributed by atoms with Crippen LogP contribution in [0.25, 0.3) is 0 Å². The molecule has 2 aliphatic rings. The van der Waals surface area contributed by atoms with E-state index in [4.69, 9.17) is 23.7 Å². The summed E-state index contributed by atoms with van der Waals surface area (Å²) >= 11 is 0. The van der Waals surface area contributed by atoms with Gasteiger partial charge in [-0.2, -0.15) is 0 Å². The molecule has 2 saturated heterocycles. The number of amides is 2. The third-order valence-corrected chi connectivity index (χ3v) is 6.71. The Morgan fingerprint density at radius 2 is 1.58 bits per heavy atom. The van der Waals surface area contributed by atoms with E-state index >= 15 is 0 Å².